The van der Waals surface area contributed by atoms with Gasteiger partial charge in [0.2, 0.25) is 0 Å². The number of para-hydroxylation sites is 2. The summed E-state index contributed by atoms with van der Waals surface area (Å²) < 4.78 is 21.7. The van der Waals surface area contributed by atoms with Gasteiger partial charge in [-0.2, -0.15) is 0 Å². The largest absolute Gasteiger partial charge is 0.497 e. The fraction of sp³-hybridized carbons (Fsp3) is 0.172. The van der Waals surface area contributed by atoms with E-state index >= 15 is 0 Å². The molecule has 1 heterocycles. The Morgan fingerprint density at radius 3 is 2.35 bits per heavy atom. The first-order valence-electron chi connectivity index (χ1n) is 12.2. The summed E-state index contributed by atoms with van der Waals surface area (Å²) in [6, 6.07) is 17.1. The summed E-state index contributed by atoms with van der Waals surface area (Å²) >= 11 is 0. The SMILES string of the molecule is CCOc1cc(/C=C2\C(=O)NC(=O)N(c3ccc(OC)cc3)C2=O)ccc1OCC(=O)Nc1ccccc1OC. The highest BCUT2D eigenvalue weighted by Gasteiger charge is 2.36. The first-order valence-corrected chi connectivity index (χ1v) is 12.2. The van der Waals surface area contributed by atoms with Crippen LogP contribution in [0.2, 0.25) is 0 Å². The van der Waals surface area contributed by atoms with Gasteiger partial charge < -0.3 is 24.3 Å². The second-order valence-electron chi connectivity index (χ2n) is 8.33. The number of ether oxygens (including phenoxy) is 4. The maximum atomic E-state index is 13.2. The number of imide groups is 2. The molecule has 2 N–H and O–H groups in total. The van der Waals surface area contributed by atoms with Crippen molar-refractivity contribution in [3.8, 4) is 23.0 Å². The van der Waals surface area contributed by atoms with Crippen molar-refractivity contribution >= 4 is 41.2 Å². The first kappa shape index (κ1) is 27.7. The lowest BCUT2D eigenvalue weighted by Gasteiger charge is -2.26. The van der Waals surface area contributed by atoms with E-state index in [0.717, 1.165) is 4.90 Å². The molecule has 11 heteroatoms. The van der Waals surface area contributed by atoms with Gasteiger partial charge in [0.05, 0.1) is 32.2 Å². The van der Waals surface area contributed by atoms with Crippen LogP contribution in [0.3, 0.4) is 0 Å². The van der Waals surface area contributed by atoms with Crippen LogP contribution in [-0.2, 0) is 14.4 Å². The number of carbonyl (C=O) groups is 4. The maximum absolute atomic E-state index is 13.2. The van der Waals surface area contributed by atoms with E-state index in [-0.39, 0.29) is 23.6 Å². The fourth-order valence-electron chi connectivity index (χ4n) is 3.87. The Morgan fingerprint density at radius 1 is 0.900 bits per heavy atom. The third-order valence-corrected chi connectivity index (χ3v) is 5.75. The normalized spacial score (nSPS) is 14.0. The number of rotatable bonds is 10. The zero-order valence-electron chi connectivity index (χ0n) is 22.1. The summed E-state index contributed by atoms with van der Waals surface area (Å²) in [5.74, 6) is -0.384. The summed E-state index contributed by atoms with van der Waals surface area (Å²) in [5, 5.41) is 4.91. The van der Waals surface area contributed by atoms with E-state index in [2.05, 4.69) is 10.6 Å². The molecule has 40 heavy (non-hydrogen) atoms. The molecule has 0 aromatic heterocycles. The lowest BCUT2D eigenvalue weighted by atomic mass is 10.1. The highest BCUT2D eigenvalue weighted by Crippen LogP contribution is 2.31. The average Bonchev–Trinajstić information content (AvgIpc) is 2.95. The number of anilines is 2. The highest BCUT2D eigenvalue weighted by molar-refractivity contribution is 6.39. The van der Waals surface area contributed by atoms with Crippen LogP contribution in [0.15, 0.2) is 72.3 Å². The van der Waals surface area contributed by atoms with E-state index in [1.165, 1.54) is 32.4 Å². The van der Waals surface area contributed by atoms with Gasteiger partial charge in [-0.3, -0.25) is 19.7 Å². The molecule has 1 aliphatic rings. The molecule has 11 nitrogen and oxygen atoms in total. The number of nitrogens with one attached hydrogen (secondary N) is 2. The molecule has 0 aliphatic carbocycles. The number of amides is 5. The van der Waals surface area contributed by atoms with Gasteiger partial charge in [-0.25, -0.2) is 9.69 Å². The zero-order valence-corrected chi connectivity index (χ0v) is 22.1. The standard InChI is InChI=1S/C29H27N3O8/c1-4-39-25-16-18(9-14-24(25)40-17-26(33)30-22-7-5-6-8-23(22)38-3)15-21-27(34)31-29(36)32(28(21)35)19-10-12-20(37-2)13-11-19/h5-16H,4,17H2,1-3H3,(H,30,33)(H,31,34,36)/b21-15+. The Kier molecular flexibility index (Phi) is 8.65. The van der Waals surface area contributed by atoms with Gasteiger partial charge in [0.1, 0.15) is 17.1 Å². The van der Waals surface area contributed by atoms with E-state index in [1.54, 1.807) is 61.5 Å². The summed E-state index contributed by atoms with van der Waals surface area (Å²) in [7, 11) is 3.00. The lowest BCUT2D eigenvalue weighted by Crippen LogP contribution is -2.54. The summed E-state index contributed by atoms with van der Waals surface area (Å²) in [5.41, 5.74) is 0.967. The van der Waals surface area contributed by atoms with Gasteiger partial charge >= 0.3 is 6.03 Å². The van der Waals surface area contributed by atoms with Crippen LogP contribution in [0.4, 0.5) is 16.2 Å². The van der Waals surface area contributed by atoms with E-state index in [0.29, 0.717) is 35.1 Å². The van der Waals surface area contributed by atoms with Crippen LogP contribution in [0, 0.1) is 0 Å². The van der Waals surface area contributed by atoms with Gasteiger partial charge in [-0.15, -0.1) is 0 Å². The molecule has 4 rings (SSSR count). The van der Waals surface area contributed by atoms with Crippen molar-refractivity contribution in [2.24, 2.45) is 0 Å². The van der Waals surface area contributed by atoms with Gasteiger partial charge in [0.15, 0.2) is 18.1 Å². The van der Waals surface area contributed by atoms with Gasteiger partial charge in [-0.05, 0) is 67.1 Å². The van der Waals surface area contributed by atoms with Crippen LogP contribution < -0.4 is 34.5 Å². The van der Waals surface area contributed by atoms with Gasteiger partial charge in [0, 0.05) is 0 Å². The van der Waals surface area contributed by atoms with Crippen LogP contribution in [-0.4, -0.2) is 51.2 Å². The molecule has 206 valence electrons. The Balaban J connectivity index is 1.53. The van der Waals surface area contributed by atoms with E-state index < -0.39 is 23.8 Å². The van der Waals surface area contributed by atoms with Crippen LogP contribution in [0.25, 0.3) is 6.08 Å². The minimum atomic E-state index is -0.859. The number of hydrogen-bond acceptors (Lipinski definition) is 8. The molecule has 0 radical (unpaired) electrons. The zero-order chi connectivity index (χ0) is 28.6. The number of barbiturate groups is 1. The number of benzene rings is 3. The summed E-state index contributed by atoms with van der Waals surface area (Å²) in [6.07, 6.45) is 1.35. The molecule has 0 atom stereocenters. The molecule has 0 unspecified atom stereocenters. The third kappa shape index (κ3) is 6.21. The highest BCUT2D eigenvalue weighted by atomic mass is 16.5. The molecule has 0 saturated carbocycles. The lowest BCUT2D eigenvalue weighted by molar-refractivity contribution is -0.122. The molecule has 0 bridgehead atoms. The van der Waals surface area contributed by atoms with Crippen molar-refractivity contribution in [2.45, 2.75) is 6.92 Å². The van der Waals surface area contributed by atoms with Crippen molar-refractivity contribution in [2.75, 3.05) is 37.7 Å². The predicted octanol–water partition coefficient (Wildman–Crippen LogP) is 3.79. The van der Waals surface area contributed by atoms with Crippen molar-refractivity contribution < 1.29 is 38.1 Å². The first-order chi connectivity index (χ1) is 19.3. The Hall–Kier alpha value is -5.32. The predicted molar refractivity (Wildman–Crippen MR) is 147 cm³/mol. The molecule has 1 saturated heterocycles. The van der Waals surface area contributed by atoms with E-state index in [4.69, 9.17) is 18.9 Å². The minimum absolute atomic E-state index is 0.247. The van der Waals surface area contributed by atoms with Gasteiger partial charge in [-0.1, -0.05) is 18.2 Å². The molecular formula is C29H27N3O8. The number of hydrogen-bond donors (Lipinski definition) is 2. The molecule has 3 aromatic rings. The summed E-state index contributed by atoms with van der Waals surface area (Å²) in [6.45, 7) is 1.76. The molecule has 1 fully saturated rings. The third-order valence-electron chi connectivity index (χ3n) is 5.75. The van der Waals surface area contributed by atoms with Crippen LogP contribution >= 0.6 is 0 Å². The quantitative estimate of drug-likeness (QED) is 0.291. The monoisotopic (exact) mass is 545 g/mol. The average molecular weight is 546 g/mol. The number of nitrogens with zero attached hydrogens (tertiary/aromatic N) is 1. The molecule has 0 spiro atoms. The molecular weight excluding hydrogens is 518 g/mol. The minimum Gasteiger partial charge on any atom is -0.497 e. The summed E-state index contributed by atoms with van der Waals surface area (Å²) in [4.78, 5) is 51.6. The topological polar surface area (TPSA) is 132 Å². The second-order valence-corrected chi connectivity index (χ2v) is 8.33. The number of urea groups is 1. The molecule has 5 amide bonds. The maximum Gasteiger partial charge on any atom is 0.335 e. The molecule has 1 aliphatic heterocycles. The van der Waals surface area contributed by atoms with Crippen molar-refractivity contribution in [1.82, 2.24) is 5.32 Å². The Bertz CT molecular complexity index is 1470. The van der Waals surface area contributed by atoms with Crippen LogP contribution in [0.5, 0.6) is 23.0 Å². The smallest absolute Gasteiger partial charge is 0.335 e. The van der Waals surface area contributed by atoms with Gasteiger partial charge in [0.25, 0.3) is 17.7 Å². The number of methoxy groups -OCH3 is 2. The Morgan fingerprint density at radius 2 is 1.65 bits per heavy atom. The van der Waals surface area contributed by atoms with Crippen molar-refractivity contribution in [3.05, 3.63) is 77.9 Å². The van der Waals surface area contributed by atoms with Crippen molar-refractivity contribution in [3.63, 3.8) is 0 Å². The Labute approximate surface area is 230 Å². The second kappa shape index (κ2) is 12.5. The van der Waals surface area contributed by atoms with Crippen LogP contribution in [0.1, 0.15) is 12.5 Å². The van der Waals surface area contributed by atoms with Crippen molar-refractivity contribution in [1.29, 1.82) is 0 Å². The molecule has 3 aromatic carbocycles. The van der Waals surface area contributed by atoms with E-state index in [9.17, 15) is 19.2 Å². The number of carbonyl (C=O) groups excluding carboxylic acids is 4. The fourth-order valence-corrected chi connectivity index (χ4v) is 3.87. The van der Waals surface area contributed by atoms with E-state index in [1.807, 2.05) is 0 Å².